The predicted molar refractivity (Wildman–Crippen MR) is 93.5 cm³/mol. The van der Waals surface area contributed by atoms with Crippen molar-refractivity contribution < 1.29 is 0 Å². The lowest BCUT2D eigenvalue weighted by atomic mass is 9.94. The van der Waals surface area contributed by atoms with Crippen LogP contribution in [0, 0.1) is 11.8 Å². The van der Waals surface area contributed by atoms with Gasteiger partial charge in [0.05, 0.1) is 11.0 Å². The Morgan fingerprint density at radius 1 is 1.24 bits per heavy atom. The molecule has 1 aromatic heterocycles. The van der Waals surface area contributed by atoms with E-state index in [4.69, 9.17) is 10.7 Å². The fourth-order valence-electron chi connectivity index (χ4n) is 3.03. The molecule has 1 aromatic carbocycles. The van der Waals surface area contributed by atoms with E-state index in [1.165, 1.54) is 5.52 Å². The van der Waals surface area contributed by atoms with Crippen molar-refractivity contribution in [3.05, 3.63) is 28.5 Å². The van der Waals surface area contributed by atoms with Gasteiger partial charge < -0.3 is 10.3 Å². The summed E-state index contributed by atoms with van der Waals surface area (Å²) in [6.07, 6.45) is 2.11. The second kappa shape index (κ2) is 6.93. The highest BCUT2D eigenvalue weighted by Gasteiger charge is 2.18. The molecule has 2 aromatic rings. The van der Waals surface area contributed by atoms with Crippen LogP contribution in [-0.4, -0.2) is 16.1 Å². The van der Waals surface area contributed by atoms with Gasteiger partial charge in [-0.3, -0.25) is 0 Å². The van der Waals surface area contributed by atoms with Gasteiger partial charge in [-0.2, -0.15) is 0 Å². The SMILES string of the molecule is CC(C)CC(CN)Cc1nc2cc(Br)ccc2n1C(C)C. The second-order valence-electron chi connectivity index (χ2n) is 6.56. The highest BCUT2D eigenvalue weighted by molar-refractivity contribution is 9.10. The highest BCUT2D eigenvalue weighted by atomic mass is 79.9. The highest BCUT2D eigenvalue weighted by Crippen LogP contribution is 2.26. The Labute approximate surface area is 136 Å². The molecule has 21 heavy (non-hydrogen) atoms. The fraction of sp³-hybridized carbons (Fsp3) is 0.588. The van der Waals surface area contributed by atoms with Gasteiger partial charge in [0.25, 0.3) is 0 Å². The van der Waals surface area contributed by atoms with E-state index in [1.54, 1.807) is 0 Å². The number of nitrogens with two attached hydrogens (primary N) is 1. The van der Waals surface area contributed by atoms with Crippen molar-refractivity contribution in [1.82, 2.24) is 9.55 Å². The topological polar surface area (TPSA) is 43.8 Å². The molecule has 2 N–H and O–H groups in total. The molecule has 2 rings (SSSR count). The van der Waals surface area contributed by atoms with Gasteiger partial charge in [0.15, 0.2) is 0 Å². The van der Waals surface area contributed by atoms with E-state index >= 15 is 0 Å². The zero-order valence-corrected chi connectivity index (χ0v) is 15.0. The first kappa shape index (κ1) is 16.5. The number of imidazole rings is 1. The molecule has 1 unspecified atom stereocenters. The van der Waals surface area contributed by atoms with Crippen LogP contribution in [-0.2, 0) is 6.42 Å². The standard InChI is InChI=1S/C17H26BrN3/c1-11(2)7-13(10-19)8-17-20-15-9-14(18)5-6-16(15)21(17)12(3)4/h5-6,9,11-13H,7-8,10,19H2,1-4H3. The maximum absolute atomic E-state index is 5.97. The molecular weight excluding hydrogens is 326 g/mol. The maximum Gasteiger partial charge on any atom is 0.110 e. The lowest BCUT2D eigenvalue weighted by molar-refractivity contribution is 0.400. The summed E-state index contributed by atoms with van der Waals surface area (Å²) in [5.41, 5.74) is 8.24. The van der Waals surface area contributed by atoms with E-state index in [0.29, 0.717) is 17.9 Å². The summed E-state index contributed by atoms with van der Waals surface area (Å²) >= 11 is 3.53. The molecule has 4 heteroatoms. The molecule has 1 atom stereocenters. The van der Waals surface area contributed by atoms with Crippen molar-refractivity contribution >= 4 is 27.0 Å². The quantitative estimate of drug-likeness (QED) is 0.829. The molecule has 0 fully saturated rings. The molecule has 0 aliphatic carbocycles. The average molecular weight is 352 g/mol. The number of benzene rings is 1. The van der Waals surface area contributed by atoms with Gasteiger partial charge in [0.1, 0.15) is 5.82 Å². The number of hydrogen-bond donors (Lipinski definition) is 1. The minimum Gasteiger partial charge on any atom is -0.330 e. The van der Waals surface area contributed by atoms with Crippen LogP contribution in [0.1, 0.15) is 46.0 Å². The molecule has 0 amide bonds. The van der Waals surface area contributed by atoms with Crippen LogP contribution >= 0.6 is 15.9 Å². The van der Waals surface area contributed by atoms with Gasteiger partial charge in [0.2, 0.25) is 0 Å². The number of fused-ring (bicyclic) bond motifs is 1. The lowest BCUT2D eigenvalue weighted by Gasteiger charge is -2.19. The molecule has 0 saturated carbocycles. The molecule has 3 nitrogen and oxygen atoms in total. The van der Waals surface area contributed by atoms with E-state index in [0.717, 1.165) is 35.2 Å². The molecule has 0 aliphatic rings. The number of nitrogens with zero attached hydrogens (tertiary/aromatic N) is 2. The third kappa shape index (κ3) is 3.86. The molecule has 116 valence electrons. The van der Waals surface area contributed by atoms with E-state index < -0.39 is 0 Å². The smallest absolute Gasteiger partial charge is 0.110 e. The van der Waals surface area contributed by atoms with Crippen LogP contribution in [0.2, 0.25) is 0 Å². The lowest BCUT2D eigenvalue weighted by Crippen LogP contribution is -2.21. The van der Waals surface area contributed by atoms with Crippen molar-refractivity contribution in [3.63, 3.8) is 0 Å². The summed E-state index contributed by atoms with van der Waals surface area (Å²) < 4.78 is 3.43. The van der Waals surface area contributed by atoms with Crippen molar-refractivity contribution in [2.24, 2.45) is 17.6 Å². The Morgan fingerprint density at radius 3 is 2.52 bits per heavy atom. The Balaban J connectivity index is 2.40. The second-order valence-corrected chi connectivity index (χ2v) is 7.48. The first-order valence-electron chi connectivity index (χ1n) is 7.78. The molecule has 0 bridgehead atoms. The van der Waals surface area contributed by atoms with Crippen molar-refractivity contribution in [3.8, 4) is 0 Å². The summed E-state index contributed by atoms with van der Waals surface area (Å²) in [6.45, 7) is 9.67. The van der Waals surface area contributed by atoms with Crippen LogP contribution in [0.4, 0.5) is 0 Å². The van der Waals surface area contributed by atoms with Gasteiger partial charge in [-0.1, -0.05) is 29.8 Å². The van der Waals surface area contributed by atoms with Crippen LogP contribution in [0.5, 0.6) is 0 Å². The third-order valence-corrected chi connectivity index (χ3v) is 4.34. The Bertz CT molecular complexity index is 601. The predicted octanol–water partition coefficient (Wildman–Crippen LogP) is 4.54. The fourth-order valence-corrected chi connectivity index (χ4v) is 3.38. The van der Waals surface area contributed by atoms with E-state index in [-0.39, 0.29) is 0 Å². The van der Waals surface area contributed by atoms with E-state index in [9.17, 15) is 0 Å². The Hall–Kier alpha value is -0.870. The number of aromatic nitrogens is 2. The summed E-state index contributed by atoms with van der Waals surface area (Å²) in [5.74, 6) is 2.33. The van der Waals surface area contributed by atoms with E-state index in [2.05, 4.69) is 66.4 Å². The molecule has 0 spiro atoms. The summed E-state index contributed by atoms with van der Waals surface area (Å²) in [5, 5.41) is 0. The summed E-state index contributed by atoms with van der Waals surface area (Å²) in [6, 6.07) is 6.73. The minimum atomic E-state index is 0.406. The average Bonchev–Trinajstić information content (AvgIpc) is 2.74. The largest absolute Gasteiger partial charge is 0.330 e. The number of rotatable bonds is 6. The molecule has 0 aliphatic heterocycles. The van der Waals surface area contributed by atoms with E-state index in [1.807, 2.05) is 0 Å². The minimum absolute atomic E-state index is 0.406. The summed E-state index contributed by atoms with van der Waals surface area (Å²) in [4.78, 5) is 4.87. The summed E-state index contributed by atoms with van der Waals surface area (Å²) in [7, 11) is 0. The van der Waals surface area contributed by atoms with Gasteiger partial charge >= 0.3 is 0 Å². The van der Waals surface area contributed by atoms with Crippen LogP contribution < -0.4 is 5.73 Å². The van der Waals surface area contributed by atoms with Gasteiger partial charge in [0, 0.05) is 16.9 Å². The maximum atomic E-state index is 5.97. The number of hydrogen-bond acceptors (Lipinski definition) is 2. The Kier molecular flexibility index (Phi) is 5.44. The molecule has 0 saturated heterocycles. The van der Waals surface area contributed by atoms with Crippen molar-refractivity contribution in [2.45, 2.75) is 46.6 Å². The van der Waals surface area contributed by atoms with Gasteiger partial charge in [-0.05, 0) is 56.8 Å². The van der Waals surface area contributed by atoms with Crippen LogP contribution in [0.15, 0.2) is 22.7 Å². The first-order chi connectivity index (χ1) is 9.92. The zero-order chi connectivity index (χ0) is 15.6. The van der Waals surface area contributed by atoms with Crippen molar-refractivity contribution in [1.29, 1.82) is 0 Å². The third-order valence-electron chi connectivity index (χ3n) is 3.85. The van der Waals surface area contributed by atoms with Gasteiger partial charge in [-0.25, -0.2) is 4.98 Å². The van der Waals surface area contributed by atoms with Crippen LogP contribution in [0.25, 0.3) is 11.0 Å². The Morgan fingerprint density at radius 2 is 1.95 bits per heavy atom. The molecule has 0 radical (unpaired) electrons. The zero-order valence-electron chi connectivity index (χ0n) is 13.4. The molecular formula is C17H26BrN3. The normalized spacial score (nSPS) is 13.5. The number of halogens is 1. The first-order valence-corrected chi connectivity index (χ1v) is 8.58. The van der Waals surface area contributed by atoms with Gasteiger partial charge in [-0.15, -0.1) is 0 Å². The monoisotopic (exact) mass is 351 g/mol. The van der Waals surface area contributed by atoms with Crippen molar-refractivity contribution in [2.75, 3.05) is 6.54 Å². The van der Waals surface area contributed by atoms with Crippen LogP contribution in [0.3, 0.4) is 0 Å². The molecule has 1 heterocycles.